The van der Waals surface area contributed by atoms with Gasteiger partial charge in [0, 0.05) is 0 Å². The lowest BCUT2D eigenvalue weighted by molar-refractivity contribution is -0.110. The summed E-state index contributed by atoms with van der Waals surface area (Å²) in [6.45, 7) is 4.05. The zero-order valence-corrected chi connectivity index (χ0v) is 6.50. The molecule has 0 rings (SSSR count). The minimum Gasteiger partial charge on any atom is -0.394 e. The van der Waals surface area contributed by atoms with Crippen molar-refractivity contribution in [2.45, 2.75) is 26.3 Å². The second-order valence-electron chi connectivity index (χ2n) is 2.46. The van der Waals surface area contributed by atoms with Gasteiger partial charge >= 0.3 is 0 Å². The van der Waals surface area contributed by atoms with E-state index in [1.165, 1.54) is 0 Å². The van der Waals surface area contributed by atoms with E-state index in [-0.39, 0.29) is 12.6 Å². The molecule has 0 aliphatic heterocycles. The molecule has 0 heterocycles. The third-order valence-corrected chi connectivity index (χ3v) is 1.81. The first-order chi connectivity index (χ1) is 4.76. The van der Waals surface area contributed by atoms with Crippen molar-refractivity contribution in [2.24, 2.45) is 5.92 Å². The number of aliphatic hydroxyl groups excluding tert-OH is 1. The summed E-state index contributed by atoms with van der Waals surface area (Å²) in [4.78, 5) is 9.97. The summed E-state index contributed by atoms with van der Waals surface area (Å²) in [6.07, 6.45) is 1.60. The molecule has 0 aliphatic rings. The number of nitrogens with one attached hydrogen (secondary N) is 1. The molecule has 0 aromatic heterocycles. The molecule has 60 valence electrons. The van der Waals surface area contributed by atoms with Gasteiger partial charge in [-0.05, 0) is 5.92 Å². The van der Waals surface area contributed by atoms with Gasteiger partial charge < -0.3 is 10.4 Å². The maximum atomic E-state index is 9.97. The van der Waals surface area contributed by atoms with Crippen molar-refractivity contribution in [3.63, 3.8) is 0 Å². The topological polar surface area (TPSA) is 49.3 Å². The standard InChI is InChI=1S/C7H15NO2/c1-3-6(2)7(4-9)8-5-10/h5-7,9H,3-4H2,1-2H3,(H,8,10)/t6-,7+/m0/s1. The summed E-state index contributed by atoms with van der Waals surface area (Å²) in [5.74, 6) is 0.343. The summed E-state index contributed by atoms with van der Waals surface area (Å²) in [6, 6.07) is -0.0810. The molecule has 1 amide bonds. The van der Waals surface area contributed by atoms with E-state index < -0.39 is 0 Å². The van der Waals surface area contributed by atoms with Gasteiger partial charge in [0.1, 0.15) is 0 Å². The Labute approximate surface area is 61.4 Å². The van der Waals surface area contributed by atoms with Crippen LogP contribution in [0, 0.1) is 5.92 Å². The lowest BCUT2D eigenvalue weighted by atomic mass is 10.0. The van der Waals surface area contributed by atoms with Crippen LogP contribution in [0.25, 0.3) is 0 Å². The molecule has 0 aromatic rings. The molecule has 3 heteroatoms. The van der Waals surface area contributed by atoms with Crippen molar-refractivity contribution in [2.75, 3.05) is 6.61 Å². The van der Waals surface area contributed by atoms with Gasteiger partial charge in [-0.15, -0.1) is 0 Å². The van der Waals surface area contributed by atoms with Crippen LogP contribution in [-0.4, -0.2) is 24.2 Å². The SMILES string of the molecule is CC[C@H](C)[C@@H](CO)NC=O. The molecule has 0 aliphatic carbocycles. The highest BCUT2D eigenvalue weighted by Crippen LogP contribution is 2.05. The predicted molar refractivity (Wildman–Crippen MR) is 39.5 cm³/mol. The van der Waals surface area contributed by atoms with E-state index in [9.17, 15) is 4.79 Å². The third kappa shape index (κ3) is 2.82. The molecule has 0 radical (unpaired) electrons. The van der Waals surface area contributed by atoms with E-state index in [4.69, 9.17) is 5.11 Å². The van der Waals surface area contributed by atoms with Crippen LogP contribution < -0.4 is 5.32 Å². The van der Waals surface area contributed by atoms with Gasteiger partial charge in [0.15, 0.2) is 0 Å². The highest BCUT2D eigenvalue weighted by Gasteiger charge is 2.12. The van der Waals surface area contributed by atoms with Crippen LogP contribution in [0.4, 0.5) is 0 Å². The Bertz CT molecular complexity index is 95.6. The quantitative estimate of drug-likeness (QED) is 0.541. The van der Waals surface area contributed by atoms with Gasteiger partial charge in [-0.1, -0.05) is 20.3 Å². The van der Waals surface area contributed by atoms with Crippen LogP contribution in [0.2, 0.25) is 0 Å². The molecule has 0 aromatic carbocycles. The van der Waals surface area contributed by atoms with Gasteiger partial charge in [0.05, 0.1) is 12.6 Å². The van der Waals surface area contributed by atoms with Crippen molar-refractivity contribution in [3.8, 4) is 0 Å². The Balaban J connectivity index is 3.67. The van der Waals surface area contributed by atoms with Crippen LogP contribution in [0.3, 0.4) is 0 Å². The Morgan fingerprint density at radius 1 is 1.70 bits per heavy atom. The fraction of sp³-hybridized carbons (Fsp3) is 0.857. The lowest BCUT2D eigenvalue weighted by Crippen LogP contribution is -2.36. The van der Waals surface area contributed by atoms with Gasteiger partial charge in [-0.25, -0.2) is 0 Å². The first kappa shape index (κ1) is 9.43. The lowest BCUT2D eigenvalue weighted by Gasteiger charge is -2.18. The molecule has 10 heavy (non-hydrogen) atoms. The maximum absolute atomic E-state index is 9.97. The minimum absolute atomic E-state index is 0.0216. The predicted octanol–water partition coefficient (Wildman–Crippen LogP) is 0.139. The summed E-state index contributed by atoms with van der Waals surface area (Å²) in [5.41, 5.74) is 0. The Hall–Kier alpha value is -0.570. The molecule has 2 N–H and O–H groups in total. The fourth-order valence-electron chi connectivity index (χ4n) is 0.769. The molecule has 0 spiro atoms. The van der Waals surface area contributed by atoms with Gasteiger partial charge in [0.25, 0.3) is 0 Å². The van der Waals surface area contributed by atoms with Crippen molar-refractivity contribution in [3.05, 3.63) is 0 Å². The number of carbonyl (C=O) groups excluding carboxylic acids is 1. The molecule has 0 unspecified atom stereocenters. The zero-order valence-electron chi connectivity index (χ0n) is 6.50. The number of rotatable bonds is 5. The zero-order chi connectivity index (χ0) is 7.98. The number of aliphatic hydroxyl groups is 1. The summed E-state index contributed by atoms with van der Waals surface area (Å²) in [5, 5.41) is 11.3. The number of hydrogen-bond acceptors (Lipinski definition) is 2. The minimum atomic E-state index is -0.0810. The average molecular weight is 145 g/mol. The van der Waals surface area contributed by atoms with Gasteiger partial charge in [-0.3, -0.25) is 4.79 Å². The summed E-state index contributed by atoms with van der Waals surface area (Å²) >= 11 is 0. The van der Waals surface area contributed by atoms with E-state index in [1.54, 1.807) is 0 Å². The summed E-state index contributed by atoms with van der Waals surface area (Å²) in [7, 11) is 0. The molecule has 0 saturated carbocycles. The second kappa shape index (κ2) is 5.23. The molecule has 0 bridgehead atoms. The average Bonchev–Trinajstić information content (AvgIpc) is 1.99. The smallest absolute Gasteiger partial charge is 0.207 e. The Morgan fingerprint density at radius 3 is 2.60 bits per heavy atom. The maximum Gasteiger partial charge on any atom is 0.207 e. The molecular weight excluding hydrogens is 130 g/mol. The fourth-order valence-corrected chi connectivity index (χ4v) is 0.769. The molecular formula is C7H15NO2. The molecule has 0 saturated heterocycles. The number of hydrogen-bond donors (Lipinski definition) is 2. The van der Waals surface area contributed by atoms with Gasteiger partial charge in [-0.2, -0.15) is 0 Å². The normalized spacial score (nSPS) is 15.9. The third-order valence-electron chi connectivity index (χ3n) is 1.81. The second-order valence-corrected chi connectivity index (χ2v) is 2.46. The van der Waals surface area contributed by atoms with Crippen LogP contribution in [0.5, 0.6) is 0 Å². The molecule has 2 atom stereocenters. The highest BCUT2D eigenvalue weighted by atomic mass is 16.3. The van der Waals surface area contributed by atoms with Crippen LogP contribution in [0.15, 0.2) is 0 Å². The van der Waals surface area contributed by atoms with E-state index in [0.29, 0.717) is 12.3 Å². The van der Waals surface area contributed by atoms with Crippen molar-refractivity contribution < 1.29 is 9.90 Å². The first-order valence-electron chi connectivity index (χ1n) is 3.56. The van der Waals surface area contributed by atoms with E-state index in [0.717, 1.165) is 6.42 Å². The van der Waals surface area contributed by atoms with Gasteiger partial charge in [0.2, 0.25) is 6.41 Å². The van der Waals surface area contributed by atoms with E-state index in [1.807, 2.05) is 13.8 Å². The van der Waals surface area contributed by atoms with Crippen LogP contribution in [-0.2, 0) is 4.79 Å². The highest BCUT2D eigenvalue weighted by molar-refractivity contribution is 5.46. The number of carbonyl (C=O) groups is 1. The van der Waals surface area contributed by atoms with Crippen molar-refractivity contribution in [1.82, 2.24) is 5.32 Å². The molecule has 0 fully saturated rings. The van der Waals surface area contributed by atoms with Crippen LogP contribution >= 0.6 is 0 Å². The van der Waals surface area contributed by atoms with Crippen molar-refractivity contribution >= 4 is 6.41 Å². The van der Waals surface area contributed by atoms with E-state index in [2.05, 4.69) is 5.32 Å². The largest absolute Gasteiger partial charge is 0.394 e. The number of amides is 1. The van der Waals surface area contributed by atoms with E-state index >= 15 is 0 Å². The van der Waals surface area contributed by atoms with Crippen molar-refractivity contribution in [1.29, 1.82) is 0 Å². The first-order valence-corrected chi connectivity index (χ1v) is 3.56. The Kier molecular flexibility index (Phi) is 4.94. The summed E-state index contributed by atoms with van der Waals surface area (Å²) < 4.78 is 0. The molecule has 3 nitrogen and oxygen atoms in total. The monoisotopic (exact) mass is 145 g/mol. The Morgan fingerprint density at radius 2 is 2.30 bits per heavy atom. The van der Waals surface area contributed by atoms with Crippen LogP contribution in [0.1, 0.15) is 20.3 Å².